The van der Waals surface area contributed by atoms with Crippen LogP contribution in [0.3, 0.4) is 0 Å². The molecule has 3 rings (SSSR count). The minimum absolute atomic E-state index is 0.194. The average Bonchev–Trinajstić information content (AvgIpc) is 3.08. The molecule has 27 heavy (non-hydrogen) atoms. The summed E-state index contributed by atoms with van der Waals surface area (Å²) in [6, 6.07) is 6.00. The summed E-state index contributed by atoms with van der Waals surface area (Å²) in [7, 11) is 3.23. The Morgan fingerprint density at radius 2 is 1.85 bits per heavy atom. The predicted molar refractivity (Wildman–Crippen MR) is 104 cm³/mol. The molecule has 150 valence electrons. The molecule has 2 fully saturated rings. The van der Waals surface area contributed by atoms with E-state index in [2.05, 4.69) is 23.6 Å². The molecule has 2 aliphatic heterocycles. The number of hydrogen-bond acceptors (Lipinski definition) is 5. The van der Waals surface area contributed by atoms with Crippen LogP contribution in [0, 0.1) is 0 Å². The quantitative estimate of drug-likeness (QED) is 0.763. The predicted octanol–water partition coefficient (Wildman–Crippen LogP) is 2.35. The molecule has 1 aromatic carbocycles. The van der Waals surface area contributed by atoms with Crippen LogP contribution in [-0.2, 0) is 16.0 Å². The van der Waals surface area contributed by atoms with E-state index in [9.17, 15) is 4.79 Å². The van der Waals surface area contributed by atoms with E-state index in [-0.39, 0.29) is 18.1 Å². The molecule has 1 amide bonds. The molecular weight excluding hydrogens is 344 g/mol. The van der Waals surface area contributed by atoms with Gasteiger partial charge in [0.2, 0.25) is 5.91 Å². The summed E-state index contributed by atoms with van der Waals surface area (Å²) in [5.74, 6) is 1.54. The van der Waals surface area contributed by atoms with Crippen molar-refractivity contribution in [2.75, 3.05) is 40.4 Å². The maximum atomic E-state index is 13.0. The lowest BCUT2D eigenvalue weighted by Gasteiger charge is -2.38. The summed E-state index contributed by atoms with van der Waals surface area (Å²) in [4.78, 5) is 17.5. The van der Waals surface area contributed by atoms with Gasteiger partial charge in [-0.15, -0.1) is 0 Å². The molecule has 2 heterocycles. The van der Waals surface area contributed by atoms with Crippen LogP contribution in [0.4, 0.5) is 0 Å². The fourth-order valence-electron chi connectivity index (χ4n) is 4.35. The molecule has 1 aromatic rings. The molecule has 0 unspecified atom stereocenters. The molecule has 6 nitrogen and oxygen atoms in total. The van der Waals surface area contributed by atoms with Crippen molar-refractivity contribution in [1.29, 1.82) is 0 Å². The van der Waals surface area contributed by atoms with Gasteiger partial charge in [0.05, 0.1) is 32.8 Å². The molecule has 3 atom stereocenters. The summed E-state index contributed by atoms with van der Waals surface area (Å²) in [5.41, 5.74) is 0.955. The Balaban J connectivity index is 1.62. The van der Waals surface area contributed by atoms with Gasteiger partial charge in [-0.3, -0.25) is 9.69 Å². The van der Waals surface area contributed by atoms with Gasteiger partial charge in [-0.25, -0.2) is 0 Å². The second-order valence-corrected chi connectivity index (χ2v) is 7.73. The number of hydrogen-bond donors (Lipinski definition) is 0. The van der Waals surface area contributed by atoms with Crippen molar-refractivity contribution < 1.29 is 19.0 Å². The maximum absolute atomic E-state index is 13.0. The van der Waals surface area contributed by atoms with Crippen molar-refractivity contribution in [1.82, 2.24) is 9.80 Å². The van der Waals surface area contributed by atoms with E-state index in [0.717, 1.165) is 44.6 Å². The summed E-state index contributed by atoms with van der Waals surface area (Å²) in [6.07, 6.45) is 3.07. The summed E-state index contributed by atoms with van der Waals surface area (Å²) in [5, 5.41) is 0. The lowest BCUT2D eigenvalue weighted by molar-refractivity contribution is -0.132. The zero-order valence-corrected chi connectivity index (χ0v) is 16.9. The Hall–Kier alpha value is -1.79. The molecule has 0 bridgehead atoms. The van der Waals surface area contributed by atoms with Crippen molar-refractivity contribution in [3.8, 4) is 11.5 Å². The standard InChI is InChI=1S/C21H32N2O4/c1-15-12-22(13-16(2)27-15)14-18-6-5-9-23(18)21(24)11-17-7-8-19(25-3)20(10-17)26-4/h7-8,10,15-16,18H,5-6,9,11-14H2,1-4H3/t15-,16+,18-/m0/s1. The molecule has 0 N–H and O–H groups in total. The summed E-state index contributed by atoms with van der Waals surface area (Å²) < 4.78 is 16.5. The van der Waals surface area contributed by atoms with Crippen LogP contribution in [0.1, 0.15) is 32.3 Å². The normalized spacial score (nSPS) is 26.2. The topological polar surface area (TPSA) is 51.2 Å². The first-order valence-electron chi connectivity index (χ1n) is 9.88. The first-order chi connectivity index (χ1) is 13.0. The van der Waals surface area contributed by atoms with E-state index < -0.39 is 0 Å². The number of carbonyl (C=O) groups excluding carboxylic acids is 1. The summed E-state index contributed by atoms with van der Waals surface area (Å²) >= 11 is 0. The van der Waals surface area contributed by atoms with Gasteiger partial charge in [0.1, 0.15) is 0 Å². The van der Waals surface area contributed by atoms with Gasteiger partial charge >= 0.3 is 0 Å². The highest BCUT2D eigenvalue weighted by atomic mass is 16.5. The van der Waals surface area contributed by atoms with Gasteiger partial charge in [0.25, 0.3) is 0 Å². The number of benzene rings is 1. The van der Waals surface area contributed by atoms with E-state index in [4.69, 9.17) is 14.2 Å². The van der Waals surface area contributed by atoms with Crippen molar-refractivity contribution in [3.05, 3.63) is 23.8 Å². The Morgan fingerprint density at radius 1 is 1.15 bits per heavy atom. The van der Waals surface area contributed by atoms with E-state index in [1.807, 2.05) is 18.2 Å². The van der Waals surface area contributed by atoms with Gasteiger partial charge in [0, 0.05) is 32.2 Å². The number of likely N-dealkylation sites (tertiary alicyclic amines) is 1. The number of morpholine rings is 1. The van der Waals surface area contributed by atoms with E-state index in [0.29, 0.717) is 24.0 Å². The van der Waals surface area contributed by atoms with Crippen LogP contribution in [0.25, 0.3) is 0 Å². The van der Waals surface area contributed by atoms with E-state index >= 15 is 0 Å². The van der Waals surface area contributed by atoms with Gasteiger partial charge < -0.3 is 19.1 Å². The summed E-state index contributed by atoms with van der Waals surface area (Å²) in [6.45, 7) is 7.92. The molecule has 0 saturated carbocycles. The Kier molecular flexibility index (Phi) is 6.60. The Morgan fingerprint density at radius 3 is 2.52 bits per heavy atom. The second kappa shape index (κ2) is 8.93. The Labute approximate surface area is 162 Å². The van der Waals surface area contributed by atoms with Gasteiger partial charge in [-0.05, 0) is 44.4 Å². The average molecular weight is 376 g/mol. The Bertz CT molecular complexity index is 641. The SMILES string of the molecule is COc1ccc(CC(=O)N2CCC[C@H]2CN2C[C@@H](C)O[C@@H](C)C2)cc1OC. The third kappa shape index (κ3) is 4.93. The van der Waals surface area contributed by atoms with E-state index in [1.165, 1.54) is 0 Å². The number of carbonyl (C=O) groups is 1. The third-order valence-electron chi connectivity index (χ3n) is 5.46. The maximum Gasteiger partial charge on any atom is 0.227 e. The lowest BCUT2D eigenvalue weighted by Crippen LogP contribution is -2.51. The molecule has 6 heteroatoms. The lowest BCUT2D eigenvalue weighted by atomic mass is 10.1. The third-order valence-corrected chi connectivity index (χ3v) is 5.46. The first kappa shape index (κ1) is 20.0. The van der Waals surface area contributed by atoms with Crippen LogP contribution in [0.15, 0.2) is 18.2 Å². The molecule has 2 aliphatic rings. The molecule has 0 spiro atoms. The number of rotatable bonds is 6. The fraction of sp³-hybridized carbons (Fsp3) is 0.667. The van der Waals surface area contributed by atoms with Crippen LogP contribution < -0.4 is 9.47 Å². The molecular formula is C21H32N2O4. The highest BCUT2D eigenvalue weighted by Gasteiger charge is 2.32. The highest BCUT2D eigenvalue weighted by molar-refractivity contribution is 5.79. The van der Waals surface area contributed by atoms with Gasteiger partial charge in [-0.1, -0.05) is 6.07 Å². The number of amides is 1. The first-order valence-corrected chi connectivity index (χ1v) is 9.88. The molecule has 0 aliphatic carbocycles. The van der Waals surface area contributed by atoms with E-state index in [1.54, 1.807) is 14.2 Å². The minimum Gasteiger partial charge on any atom is -0.493 e. The zero-order chi connectivity index (χ0) is 19.4. The second-order valence-electron chi connectivity index (χ2n) is 7.73. The largest absolute Gasteiger partial charge is 0.493 e. The van der Waals surface area contributed by atoms with Crippen molar-refractivity contribution in [2.45, 2.75) is 51.4 Å². The van der Waals surface area contributed by atoms with Crippen LogP contribution >= 0.6 is 0 Å². The fourth-order valence-corrected chi connectivity index (χ4v) is 4.35. The minimum atomic E-state index is 0.194. The van der Waals surface area contributed by atoms with Crippen molar-refractivity contribution in [3.63, 3.8) is 0 Å². The highest BCUT2D eigenvalue weighted by Crippen LogP contribution is 2.28. The smallest absolute Gasteiger partial charge is 0.227 e. The molecule has 0 aromatic heterocycles. The van der Waals surface area contributed by atoms with Crippen LogP contribution in [0.5, 0.6) is 11.5 Å². The van der Waals surface area contributed by atoms with Gasteiger partial charge in [-0.2, -0.15) is 0 Å². The number of methoxy groups -OCH3 is 2. The van der Waals surface area contributed by atoms with Crippen LogP contribution in [0.2, 0.25) is 0 Å². The van der Waals surface area contributed by atoms with Crippen molar-refractivity contribution >= 4 is 5.91 Å². The number of nitrogens with zero attached hydrogens (tertiary/aromatic N) is 2. The van der Waals surface area contributed by atoms with Crippen molar-refractivity contribution in [2.24, 2.45) is 0 Å². The molecule has 0 radical (unpaired) electrons. The monoisotopic (exact) mass is 376 g/mol. The van der Waals surface area contributed by atoms with Crippen LogP contribution in [-0.4, -0.2) is 74.4 Å². The molecule has 2 saturated heterocycles. The number of ether oxygens (including phenoxy) is 3. The zero-order valence-electron chi connectivity index (χ0n) is 16.9. The van der Waals surface area contributed by atoms with Gasteiger partial charge in [0.15, 0.2) is 11.5 Å².